The quantitative estimate of drug-likeness (QED) is 0.795. The largest absolute Gasteiger partial charge is 0.352 e. The fourth-order valence-electron chi connectivity index (χ4n) is 1.07. The van der Waals surface area contributed by atoms with Crippen LogP contribution in [0.3, 0.4) is 0 Å². The van der Waals surface area contributed by atoms with Gasteiger partial charge in [-0.05, 0) is 25.1 Å². The van der Waals surface area contributed by atoms with Gasteiger partial charge in [0.2, 0.25) is 0 Å². The van der Waals surface area contributed by atoms with E-state index in [0.29, 0.717) is 25.6 Å². The molecular formula is C10H13ClF2N2O. The van der Waals surface area contributed by atoms with Crippen molar-refractivity contribution in [2.24, 2.45) is 5.73 Å². The average molecular weight is 251 g/mol. The van der Waals surface area contributed by atoms with Crippen LogP contribution >= 0.6 is 12.4 Å². The molecule has 3 nitrogen and oxygen atoms in total. The molecule has 0 aliphatic carbocycles. The van der Waals surface area contributed by atoms with Crippen molar-refractivity contribution >= 4 is 18.3 Å². The van der Waals surface area contributed by atoms with Gasteiger partial charge in [-0.3, -0.25) is 4.79 Å². The Hall–Kier alpha value is -1.20. The van der Waals surface area contributed by atoms with Gasteiger partial charge in [-0.1, -0.05) is 0 Å². The van der Waals surface area contributed by atoms with E-state index >= 15 is 0 Å². The standard InChI is InChI=1S/C10H12F2N2O.ClH/c11-7-2-3-8(9(12)6-7)10(15)14-5-1-4-13;/h2-3,6H,1,4-5,13H2,(H,14,15);1H. The average Bonchev–Trinajstić information content (AvgIpc) is 2.17. The molecule has 3 N–H and O–H groups in total. The second kappa shape index (κ2) is 7.14. The van der Waals surface area contributed by atoms with Crippen molar-refractivity contribution in [3.05, 3.63) is 35.4 Å². The lowest BCUT2D eigenvalue weighted by atomic mass is 10.2. The smallest absolute Gasteiger partial charge is 0.254 e. The fourth-order valence-corrected chi connectivity index (χ4v) is 1.07. The fraction of sp³-hybridized carbons (Fsp3) is 0.300. The number of benzene rings is 1. The molecule has 0 unspecified atom stereocenters. The van der Waals surface area contributed by atoms with Gasteiger partial charge in [0.25, 0.3) is 5.91 Å². The Labute approximate surface area is 98.4 Å². The number of carbonyl (C=O) groups is 1. The lowest BCUT2D eigenvalue weighted by Gasteiger charge is -2.04. The Morgan fingerprint density at radius 3 is 2.62 bits per heavy atom. The van der Waals surface area contributed by atoms with E-state index in [2.05, 4.69) is 5.32 Å². The van der Waals surface area contributed by atoms with E-state index in [9.17, 15) is 13.6 Å². The molecule has 1 rings (SSSR count). The van der Waals surface area contributed by atoms with Gasteiger partial charge in [0.15, 0.2) is 0 Å². The summed E-state index contributed by atoms with van der Waals surface area (Å²) in [6.07, 6.45) is 0.620. The number of hydrogen-bond acceptors (Lipinski definition) is 2. The zero-order chi connectivity index (χ0) is 11.3. The SMILES string of the molecule is Cl.NCCCNC(=O)c1ccc(F)cc1F. The van der Waals surface area contributed by atoms with Gasteiger partial charge in [-0.25, -0.2) is 8.78 Å². The van der Waals surface area contributed by atoms with Crippen molar-refractivity contribution in [2.45, 2.75) is 6.42 Å². The molecule has 0 atom stereocenters. The molecule has 1 aromatic carbocycles. The number of amides is 1. The summed E-state index contributed by atoms with van der Waals surface area (Å²) in [7, 11) is 0. The molecule has 1 amide bonds. The zero-order valence-corrected chi connectivity index (χ0v) is 9.32. The second-order valence-corrected chi connectivity index (χ2v) is 3.02. The predicted octanol–water partition coefficient (Wildman–Crippen LogP) is 1.47. The normalized spacial score (nSPS) is 9.44. The zero-order valence-electron chi connectivity index (χ0n) is 8.50. The molecule has 0 saturated heterocycles. The second-order valence-electron chi connectivity index (χ2n) is 3.02. The van der Waals surface area contributed by atoms with Crippen LogP contribution in [0.2, 0.25) is 0 Å². The van der Waals surface area contributed by atoms with E-state index < -0.39 is 17.5 Å². The first-order valence-electron chi connectivity index (χ1n) is 4.58. The van der Waals surface area contributed by atoms with Crippen molar-refractivity contribution in [3.63, 3.8) is 0 Å². The molecule has 90 valence electrons. The highest BCUT2D eigenvalue weighted by molar-refractivity contribution is 5.94. The first-order valence-corrected chi connectivity index (χ1v) is 4.58. The van der Waals surface area contributed by atoms with E-state index in [-0.39, 0.29) is 18.0 Å². The Morgan fingerprint density at radius 1 is 1.38 bits per heavy atom. The first kappa shape index (κ1) is 14.8. The number of carbonyl (C=O) groups excluding carboxylic acids is 1. The van der Waals surface area contributed by atoms with Crippen LogP contribution in [0.25, 0.3) is 0 Å². The number of nitrogens with two attached hydrogens (primary N) is 1. The first-order chi connectivity index (χ1) is 7.15. The lowest BCUT2D eigenvalue weighted by Crippen LogP contribution is -2.26. The van der Waals surface area contributed by atoms with Crippen molar-refractivity contribution in [1.82, 2.24) is 5.32 Å². The van der Waals surface area contributed by atoms with Crippen LogP contribution in [0.5, 0.6) is 0 Å². The minimum atomic E-state index is -0.861. The third kappa shape index (κ3) is 4.12. The summed E-state index contributed by atoms with van der Waals surface area (Å²) < 4.78 is 25.6. The summed E-state index contributed by atoms with van der Waals surface area (Å²) in [6.45, 7) is 0.832. The molecule has 0 radical (unpaired) electrons. The summed E-state index contributed by atoms with van der Waals surface area (Å²) in [5, 5.41) is 2.48. The van der Waals surface area contributed by atoms with E-state index in [4.69, 9.17) is 5.73 Å². The lowest BCUT2D eigenvalue weighted by molar-refractivity contribution is 0.0949. The molecule has 0 fully saturated rings. The van der Waals surface area contributed by atoms with E-state index in [1.165, 1.54) is 0 Å². The minimum Gasteiger partial charge on any atom is -0.352 e. The van der Waals surface area contributed by atoms with Gasteiger partial charge < -0.3 is 11.1 Å². The molecule has 16 heavy (non-hydrogen) atoms. The van der Waals surface area contributed by atoms with Gasteiger partial charge in [-0.2, -0.15) is 0 Å². The Balaban J connectivity index is 0.00000225. The van der Waals surface area contributed by atoms with Gasteiger partial charge in [-0.15, -0.1) is 12.4 Å². The van der Waals surface area contributed by atoms with Gasteiger partial charge >= 0.3 is 0 Å². The molecule has 1 aromatic rings. The molecule has 6 heteroatoms. The maximum atomic E-state index is 13.1. The van der Waals surface area contributed by atoms with Gasteiger partial charge in [0, 0.05) is 12.6 Å². The van der Waals surface area contributed by atoms with Crippen LogP contribution in [0, 0.1) is 11.6 Å². The number of halogens is 3. The van der Waals surface area contributed by atoms with Crippen LogP contribution in [0.4, 0.5) is 8.78 Å². The highest BCUT2D eigenvalue weighted by Gasteiger charge is 2.11. The third-order valence-corrected chi connectivity index (χ3v) is 1.84. The monoisotopic (exact) mass is 250 g/mol. The topological polar surface area (TPSA) is 55.1 Å². The van der Waals surface area contributed by atoms with Crippen LogP contribution in [-0.2, 0) is 0 Å². The van der Waals surface area contributed by atoms with Gasteiger partial charge in [0.05, 0.1) is 5.56 Å². The van der Waals surface area contributed by atoms with Gasteiger partial charge in [0.1, 0.15) is 11.6 Å². The van der Waals surface area contributed by atoms with Crippen molar-refractivity contribution in [3.8, 4) is 0 Å². The van der Waals surface area contributed by atoms with Crippen LogP contribution in [-0.4, -0.2) is 19.0 Å². The highest BCUT2D eigenvalue weighted by atomic mass is 35.5. The third-order valence-electron chi connectivity index (χ3n) is 1.84. The number of nitrogens with one attached hydrogen (secondary N) is 1. The summed E-state index contributed by atoms with van der Waals surface area (Å²) in [6, 6.07) is 2.83. The summed E-state index contributed by atoms with van der Waals surface area (Å²) >= 11 is 0. The van der Waals surface area contributed by atoms with E-state index in [1.807, 2.05) is 0 Å². The van der Waals surface area contributed by atoms with Crippen molar-refractivity contribution < 1.29 is 13.6 Å². The Morgan fingerprint density at radius 2 is 2.06 bits per heavy atom. The van der Waals surface area contributed by atoms with E-state index in [0.717, 1.165) is 12.1 Å². The molecular weight excluding hydrogens is 238 g/mol. The maximum Gasteiger partial charge on any atom is 0.254 e. The number of rotatable bonds is 4. The van der Waals surface area contributed by atoms with Crippen LogP contribution in [0.1, 0.15) is 16.8 Å². The van der Waals surface area contributed by atoms with Crippen molar-refractivity contribution in [1.29, 1.82) is 0 Å². The molecule has 0 saturated carbocycles. The van der Waals surface area contributed by atoms with Crippen LogP contribution in [0.15, 0.2) is 18.2 Å². The summed E-state index contributed by atoms with van der Waals surface area (Å²) in [4.78, 5) is 11.3. The minimum absolute atomic E-state index is 0. The summed E-state index contributed by atoms with van der Waals surface area (Å²) in [5.74, 6) is -2.12. The molecule has 0 bridgehead atoms. The molecule has 0 spiro atoms. The molecule has 0 aromatic heterocycles. The maximum absolute atomic E-state index is 13.1. The molecule has 0 aliphatic rings. The van der Waals surface area contributed by atoms with Crippen molar-refractivity contribution in [2.75, 3.05) is 13.1 Å². The highest BCUT2D eigenvalue weighted by Crippen LogP contribution is 2.08. The predicted molar refractivity (Wildman–Crippen MR) is 59.6 cm³/mol. The Kier molecular flexibility index (Phi) is 6.60. The molecule has 0 heterocycles. The number of hydrogen-bond donors (Lipinski definition) is 2. The van der Waals surface area contributed by atoms with E-state index in [1.54, 1.807) is 0 Å². The summed E-state index contributed by atoms with van der Waals surface area (Å²) in [5.41, 5.74) is 5.07. The van der Waals surface area contributed by atoms with Crippen LogP contribution < -0.4 is 11.1 Å². The molecule has 0 aliphatic heterocycles. The Bertz CT molecular complexity index is 361.